The molecule has 10 heteroatoms. The van der Waals surface area contributed by atoms with E-state index in [1.165, 1.54) is 5.56 Å². The number of piperidine rings is 1. The van der Waals surface area contributed by atoms with Crippen LogP contribution in [0.2, 0.25) is 0 Å². The standard InChI is InChI=1S/C34H44N4O5.ClH/c1-3-4-19-38-32(41)29(30(39)26-7-5-6-8-26)36-33(42)34(38)17-20-37(21-18-34)22-24-9-11-25(12-10-24)23-43-28-15-13-27(14-16-28)31(40)35-2;/h5-6,9-16,26,29-30,39H,3-4,7-8,17-23H2,1-2H3,(H,35,40)(H,36,42);1H/t29-,30-;/m1./s1. The number of carbonyl (C=O) groups is 3. The van der Waals surface area contributed by atoms with Crippen LogP contribution in [0.25, 0.3) is 0 Å². The molecule has 0 radical (unpaired) electrons. The molecule has 2 aromatic carbocycles. The maximum Gasteiger partial charge on any atom is 0.251 e. The number of amides is 3. The van der Waals surface area contributed by atoms with Crippen LogP contribution in [0.4, 0.5) is 0 Å². The first-order valence-electron chi connectivity index (χ1n) is 15.5. The fourth-order valence-corrected chi connectivity index (χ4v) is 6.49. The summed E-state index contributed by atoms with van der Waals surface area (Å²) in [6.07, 6.45) is 7.57. The van der Waals surface area contributed by atoms with Crippen molar-refractivity contribution in [2.24, 2.45) is 5.92 Å². The monoisotopic (exact) mass is 624 g/mol. The van der Waals surface area contributed by atoms with Crippen molar-refractivity contribution in [3.8, 4) is 5.75 Å². The average Bonchev–Trinajstić information content (AvgIpc) is 3.58. The fourth-order valence-electron chi connectivity index (χ4n) is 6.49. The minimum Gasteiger partial charge on any atom is -0.489 e. The Hall–Kier alpha value is -3.40. The van der Waals surface area contributed by atoms with E-state index < -0.39 is 17.7 Å². The van der Waals surface area contributed by atoms with Crippen LogP contribution in [-0.2, 0) is 22.7 Å². The third-order valence-corrected chi connectivity index (χ3v) is 9.22. The molecule has 0 aromatic heterocycles. The number of likely N-dealkylation sites (tertiary alicyclic amines) is 1. The minimum absolute atomic E-state index is 0. The lowest BCUT2D eigenvalue weighted by Crippen LogP contribution is -2.75. The maximum absolute atomic E-state index is 13.7. The van der Waals surface area contributed by atoms with Crippen molar-refractivity contribution in [2.75, 3.05) is 26.7 Å². The SMILES string of the molecule is CCCCN1C(=O)[C@@H]([C@H](O)C2CC=CC2)NC(=O)C12CCN(Cc1ccc(COc3ccc(C(=O)NC)cc3)cc1)CC2.Cl. The zero-order chi connectivity index (χ0) is 30.4. The molecule has 0 bridgehead atoms. The van der Waals surface area contributed by atoms with Gasteiger partial charge in [0, 0.05) is 38.8 Å². The Morgan fingerprint density at radius 1 is 1.05 bits per heavy atom. The Bertz CT molecular complexity index is 1300. The molecule has 2 saturated heterocycles. The number of nitrogens with one attached hydrogen (secondary N) is 2. The molecular weight excluding hydrogens is 580 g/mol. The lowest BCUT2D eigenvalue weighted by Gasteiger charge is -2.52. The van der Waals surface area contributed by atoms with Gasteiger partial charge in [-0.15, -0.1) is 12.4 Å². The molecule has 2 aliphatic heterocycles. The molecule has 44 heavy (non-hydrogen) atoms. The van der Waals surface area contributed by atoms with E-state index in [9.17, 15) is 19.5 Å². The van der Waals surface area contributed by atoms with Gasteiger partial charge in [0.25, 0.3) is 5.91 Å². The smallest absolute Gasteiger partial charge is 0.251 e. The first kappa shape index (κ1) is 33.5. The number of ether oxygens (including phenoxy) is 1. The van der Waals surface area contributed by atoms with Crippen molar-refractivity contribution in [1.82, 2.24) is 20.4 Å². The number of rotatable bonds is 11. The number of hydrogen-bond donors (Lipinski definition) is 3. The van der Waals surface area contributed by atoms with Gasteiger partial charge < -0.3 is 25.4 Å². The largest absolute Gasteiger partial charge is 0.489 e. The van der Waals surface area contributed by atoms with E-state index in [1.54, 1.807) is 31.3 Å². The molecule has 3 amide bonds. The number of nitrogens with zero attached hydrogens (tertiary/aromatic N) is 2. The van der Waals surface area contributed by atoms with Crippen LogP contribution in [0, 0.1) is 5.92 Å². The maximum atomic E-state index is 13.7. The number of allylic oxidation sites excluding steroid dienone is 2. The highest BCUT2D eigenvalue weighted by Crippen LogP contribution is 2.36. The predicted octanol–water partition coefficient (Wildman–Crippen LogP) is 3.84. The normalized spacial score (nSPS) is 20.7. The summed E-state index contributed by atoms with van der Waals surface area (Å²) in [5.41, 5.74) is 1.96. The third-order valence-electron chi connectivity index (χ3n) is 9.22. The molecule has 1 aliphatic carbocycles. The zero-order valence-corrected chi connectivity index (χ0v) is 26.5. The average molecular weight is 625 g/mol. The number of halogens is 1. The molecule has 2 atom stereocenters. The first-order chi connectivity index (χ1) is 20.8. The highest BCUT2D eigenvalue weighted by Gasteiger charge is 2.55. The van der Waals surface area contributed by atoms with E-state index in [0.29, 0.717) is 50.4 Å². The number of hydrogen-bond acceptors (Lipinski definition) is 6. The summed E-state index contributed by atoms with van der Waals surface area (Å²) >= 11 is 0. The van der Waals surface area contributed by atoms with Gasteiger partial charge in [-0.1, -0.05) is 49.8 Å². The molecule has 3 N–H and O–H groups in total. The van der Waals surface area contributed by atoms with E-state index in [-0.39, 0.29) is 36.0 Å². The van der Waals surface area contributed by atoms with Crippen LogP contribution < -0.4 is 15.4 Å². The van der Waals surface area contributed by atoms with Crippen molar-refractivity contribution in [1.29, 1.82) is 0 Å². The van der Waals surface area contributed by atoms with E-state index in [1.807, 2.05) is 17.1 Å². The Labute approximate surface area is 266 Å². The van der Waals surface area contributed by atoms with Gasteiger partial charge in [-0.05, 0) is 73.4 Å². The van der Waals surface area contributed by atoms with Gasteiger partial charge in [-0.25, -0.2) is 0 Å². The highest BCUT2D eigenvalue weighted by atomic mass is 35.5. The molecule has 9 nitrogen and oxygen atoms in total. The Morgan fingerprint density at radius 2 is 1.68 bits per heavy atom. The lowest BCUT2D eigenvalue weighted by molar-refractivity contribution is -0.165. The number of unbranched alkanes of at least 4 members (excludes halogenated alkanes) is 1. The molecule has 0 unspecified atom stereocenters. The van der Waals surface area contributed by atoms with Gasteiger partial charge in [0.15, 0.2) is 0 Å². The van der Waals surface area contributed by atoms with E-state index >= 15 is 0 Å². The summed E-state index contributed by atoms with van der Waals surface area (Å²) < 4.78 is 5.89. The number of benzene rings is 2. The predicted molar refractivity (Wildman–Crippen MR) is 172 cm³/mol. The summed E-state index contributed by atoms with van der Waals surface area (Å²) in [6.45, 7) is 5.23. The summed E-state index contributed by atoms with van der Waals surface area (Å²) in [4.78, 5) is 43.3. The second kappa shape index (κ2) is 15.1. The molecule has 2 fully saturated rings. The van der Waals surface area contributed by atoms with Gasteiger partial charge in [0.05, 0.1) is 6.10 Å². The molecule has 0 saturated carbocycles. The van der Waals surface area contributed by atoms with E-state index in [2.05, 4.69) is 46.7 Å². The molecule has 5 rings (SSSR count). The van der Waals surface area contributed by atoms with Crippen LogP contribution in [-0.4, -0.2) is 77.0 Å². The Balaban J connectivity index is 0.00000442. The number of piperazine rings is 1. The zero-order valence-electron chi connectivity index (χ0n) is 25.7. The number of aliphatic hydroxyl groups excluding tert-OH is 1. The van der Waals surface area contributed by atoms with Gasteiger partial charge in [0.1, 0.15) is 23.9 Å². The Kier molecular flexibility index (Phi) is 11.5. The first-order valence-corrected chi connectivity index (χ1v) is 15.5. The van der Waals surface area contributed by atoms with E-state index in [0.717, 1.165) is 37.8 Å². The Morgan fingerprint density at radius 3 is 2.30 bits per heavy atom. The molecule has 3 aliphatic rings. The van der Waals surface area contributed by atoms with Gasteiger partial charge in [-0.2, -0.15) is 0 Å². The minimum atomic E-state index is -0.879. The van der Waals surface area contributed by atoms with Crippen LogP contribution in [0.15, 0.2) is 60.7 Å². The molecule has 238 valence electrons. The van der Waals surface area contributed by atoms with Crippen molar-refractivity contribution in [3.05, 3.63) is 77.4 Å². The highest BCUT2D eigenvalue weighted by molar-refractivity contribution is 6.00. The summed E-state index contributed by atoms with van der Waals surface area (Å²) in [7, 11) is 1.61. The van der Waals surface area contributed by atoms with E-state index in [4.69, 9.17) is 4.74 Å². The van der Waals surface area contributed by atoms with Crippen LogP contribution in [0.1, 0.15) is 66.9 Å². The summed E-state index contributed by atoms with van der Waals surface area (Å²) in [5, 5.41) is 16.6. The molecular formula is C34H45ClN4O5. The molecule has 2 aromatic rings. The topological polar surface area (TPSA) is 111 Å². The van der Waals surface area contributed by atoms with Crippen LogP contribution in [0.5, 0.6) is 5.75 Å². The van der Waals surface area contributed by atoms with Crippen LogP contribution >= 0.6 is 12.4 Å². The van der Waals surface area contributed by atoms with Gasteiger partial charge in [0.2, 0.25) is 11.8 Å². The molecule has 1 spiro atoms. The summed E-state index contributed by atoms with van der Waals surface area (Å²) in [5.74, 6) is 0.286. The summed E-state index contributed by atoms with van der Waals surface area (Å²) in [6, 6.07) is 14.5. The second-order valence-electron chi connectivity index (χ2n) is 12.0. The number of aliphatic hydroxyl groups is 1. The third kappa shape index (κ3) is 7.28. The molecule has 2 heterocycles. The second-order valence-corrected chi connectivity index (χ2v) is 12.0. The van der Waals surface area contributed by atoms with Crippen LogP contribution in [0.3, 0.4) is 0 Å². The fraction of sp³-hybridized carbons (Fsp3) is 0.500. The van der Waals surface area contributed by atoms with Crippen molar-refractivity contribution in [2.45, 2.75) is 76.3 Å². The van der Waals surface area contributed by atoms with Crippen molar-refractivity contribution >= 4 is 30.1 Å². The van der Waals surface area contributed by atoms with Gasteiger partial charge >= 0.3 is 0 Å². The number of carbonyl (C=O) groups excluding carboxylic acids is 3. The van der Waals surface area contributed by atoms with Gasteiger partial charge in [-0.3, -0.25) is 19.3 Å². The van der Waals surface area contributed by atoms with Crippen molar-refractivity contribution in [3.63, 3.8) is 0 Å². The quantitative estimate of drug-likeness (QED) is 0.328. The lowest BCUT2D eigenvalue weighted by atomic mass is 9.79. The van der Waals surface area contributed by atoms with Crippen molar-refractivity contribution < 1.29 is 24.2 Å².